The average molecular weight is 264 g/mol. The lowest BCUT2D eigenvalue weighted by Gasteiger charge is -2.05. The molecule has 1 aromatic carbocycles. The summed E-state index contributed by atoms with van der Waals surface area (Å²) in [5.74, 6) is 0.596. The number of halogens is 1. The van der Waals surface area contributed by atoms with Crippen LogP contribution in [0.2, 0.25) is 5.02 Å². The SMILES string of the molecule is CCc1occc1C(=O)NCc1ccc(Cl)cc1. The Balaban J connectivity index is 1.98. The second kappa shape index (κ2) is 5.74. The lowest BCUT2D eigenvalue weighted by Crippen LogP contribution is -2.23. The minimum Gasteiger partial charge on any atom is -0.469 e. The average Bonchev–Trinajstić information content (AvgIpc) is 2.86. The van der Waals surface area contributed by atoms with Crippen molar-refractivity contribution in [2.24, 2.45) is 0 Å². The number of aryl methyl sites for hydroxylation is 1. The topological polar surface area (TPSA) is 42.2 Å². The van der Waals surface area contributed by atoms with E-state index in [0.29, 0.717) is 29.3 Å². The summed E-state index contributed by atoms with van der Waals surface area (Å²) in [5.41, 5.74) is 1.61. The smallest absolute Gasteiger partial charge is 0.255 e. The Hall–Kier alpha value is -1.74. The number of carbonyl (C=O) groups is 1. The van der Waals surface area contributed by atoms with E-state index in [-0.39, 0.29) is 5.91 Å². The van der Waals surface area contributed by atoms with Crippen LogP contribution in [0.5, 0.6) is 0 Å². The van der Waals surface area contributed by atoms with Crippen LogP contribution in [0, 0.1) is 0 Å². The summed E-state index contributed by atoms with van der Waals surface area (Å²) in [6.45, 7) is 2.43. The van der Waals surface area contributed by atoms with E-state index in [4.69, 9.17) is 16.0 Å². The van der Waals surface area contributed by atoms with Crippen LogP contribution in [-0.2, 0) is 13.0 Å². The van der Waals surface area contributed by atoms with Gasteiger partial charge in [0.05, 0.1) is 11.8 Å². The molecule has 0 fully saturated rings. The van der Waals surface area contributed by atoms with Crippen molar-refractivity contribution in [3.05, 3.63) is 58.5 Å². The Kier molecular flexibility index (Phi) is 4.05. The van der Waals surface area contributed by atoms with E-state index in [9.17, 15) is 4.79 Å². The molecule has 0 unspecified atom stereocenters. The number of furan rings is 1. The maximum Gasteiger partial charge on any atom is 0.255 e. The minimum atomic E-state index is -0.115. The van der Waals surface area contributed by atoms with Crippen molar-refractivity contribution in [1.29, 1.82) is 0 Å². The second-order valence-corrected chi connectivity index (χ2v) is 4.36. The monoisotopic (exact) mass is 263 g/mol. The molecule has 18 heavy (non-hydrogen) atoms. The molecule has 0 aliphatic heterocycles. The van der Waals surface area contributed by atoms with E-state index < -0.39 is 0 Å². The molecule has 0 spiro atoms. The van der Waals surface area contributed by atoms with Crippen molar-refractivity contribution in [2.75, 3.05) is 0 Å². The summed E-state index contributed by atoms with van der Waals surface area (Å²) in [6, 6.07) is 9.07. The van der Waals surface area contributed by atoms with E-state index in [1.807, 2.05) is 19.1 Å². The van der Waals surface area contributed by atoms with Gasteiger partial charge in [0, 0.05) is 18.0 Å². The Bertz CT molecular complexity index is 531. The zero-order valence-corrected chi connectivity index (χ0v) is 10.8. The van der Waals surface area contributed by atoms with E-state index in [0.717, 1.165) is 5.56 Å². The molecule has 0 bridgehead atoms. The summed E-state index contributed by atoms with van der Waals surface area (Å²) >= 11 is 5.80. The van der Waals surface area contributed by atoms with Gasteiger partial charge in [-0.1, -0.05) is 30.7 Å². The largest absolute Gasteiger partial charge is 0.469 e. The first-order chi connectivity index (χ1) is 8.70. The highest BCUT2D eigenvalue weighted by Gasteiger charge is 2.12. The van der Waals surface area contributed by atoms with E-state index in [2.05, 4.69) is 5.32 Å². The van der Waals surface area contributed by atoms with Crippen LogP contribution >= 0.6 is 11.6 Å². The molecule has 0 aliphatic rings. The van der Waals surface area contributed by atoms with Gasteiger partial charge in [0.15, 0.2) is 0 Å². The van der Waals surface area contributed by atoms with Gasteiger partial charge in [0.25, 0.3) is 5.91 Å². The fourth-order valence-electron chi connectivity index (χ4n) is 1.70. The molecule has 1 N–H and O–H groups in total. The highest BCUT2D eigenvalue weighted by Crippen LogP contribution is 2.12. The third-order valence-corrected chi connectivity index (χ3v) is 2.93. The normalized spacial score (nSPS) is 10.3. The molecule has 0 saturated heterocycles. The molecule has 94 valence electrons. The zero-order valence-electron chi connectivity index (χ0n) is 10.1. The number of nitrogens with one attached hydrogen (secondary N) is 1. The van der Waals surface area contributed by atoms with Crippen LogP contribution in [0.25, 0.3) is 0 Å². The van der Waals surface area contributed by atoms with Crippen LogP contribution < -0.4 is 5.32 Å². The Morgan fingerprint density at radius 1 is 1.28 bits per heavy atom. The van der Waals surface area contributed by atoms with Crippen molar-refractivity contribution < 1.29 is 9.21 Å². The third-order valence-electron chi connectivity index (χ3n) is 2.68. The van der Waals surface area contributed by atoms with Crippen LogP contribution in [0.15, 0.2) is 41.0 Å². The van der Waals surface area contributed by atoms with Gasteiger partial charge in [-0.3, -0.25) is 4.79 Å². The molecule has 0 radical (unpaired) electrons. The predicted octanol–water partition coefficient (Wildman–Crippen LogP) is 3.43. The summed E-state index contributed by atoms with van der Waals surface area (Å²) < 4.78 is 5.22. The molecule has 2 aromatic rings. The van der Waals surface area contributed by atoms with Crippen LogP contribution in [0.3, 0.4) is 0 Å². The minimum absolute atomic E-state index is 0.115. The Morgan fingerprint density at radius 2 is 2.00 bits per heavy atom. The van der Waals surface area contributed by atoms with Crippen molar-refractivity contribution in [1.82, 2.24) is 5.32 Å². The van der Waals surface area contributed by atoms with Gasteiger partial charge >= 0.3 is 0 Å². The molecule has 3 nitrogen and oxygen atoms in total. The van der Waals surface area contributed by atoms with Gasteiger partial charge in [0.2, 0.25) is 0 Å². The number of rotatable bonds is 4. The number of benzene rings is 1. The van der Waals surface area contributed by atoms with Gasteiger partial charge < -0.3 is 9.73 Å². The zero-order chi connectivity index (χ0) is 13.0. The highest BCUT2D eigenvalue weighted by molar-refractivity contribution is 6.30. The fourth-order valence-corrected chi connectivity index (χ4v) is 1.82. The van der Waals surface area contributed by atoms with E-state index >= 15 is 0 Å². The molecular weight excluding hydrogens is 250 g/mol. The molecule has 0 saturated carbocycles. The predicted molar refractivity (Wildman–Crippen MR) is 70.7 cm³/mol. The number of carbonyl (C=O) groups excluding carboxylic acids is 1. The van der Waals surface area contributed by atoms with Gasteiger partial charge in [-0.25, -0.2) is 0 Å². The molecule has 0 aliphatic carbocycles. The lowest BCUT2D eigenvalue weighted by molar-refractivity contribution is 0.0949. The highest BCUT2D eigenvalue weighted by atomic mass is 35.5. The summed E-state index contributed by atoms with van der Waals surface area (Å²) in [6.07, 6.45) is 2.24. The van der Waals surface area contributed by atoms with Gasteiger partial charge in [-0.2, -0.15) is 0 Å². The maximum atomic E-state index is 11.9. The Morgan fingerprint density at radius 3 is 2.67 bits per heavy atom. The molecule has 1 aromatic heterocycles. The summed E-state index contributed by atoms with van der Waals surface area (Å²) in [4.78, 5) is 11.9. The van der Waals surface area contributed by atoms with Gasteiger partial charge in [-0.05, 0) is 23.8 Å². The van der Waals surface area contributed by atoms with Crippen molar-refractivity contribution in [3.8, 4) is 0 Å². The first kappa shape index (κ1) is 12.7. The van der Waals surface area contributed by atoms with Crippen LogP contribution in [0.1, 0.15) is 28.6 Å². The van der Waals surface area contributed by atoms with E-state index in [1.54, 1.807) is 18.2 Å². The second-order valence-electron chi connectivity index (χ2n) is 3.92. The third kappa shape index (κ3) is 2.93. The van der Waals surface area contributed by atoms with Crippen LogP contribution in [0.4, 0.5) is 0 Å². The molecule has 0 atom stereocenters. The first-order valence-electron chi connectivity index (χ1n) is 5.79. The quantitative estimate of drug-likeness (QED) is 0.918. The molecule has 1 amide bonds. The number of hydrogen-bond acceptors (Lipinski definition) is 2. The van der Waals surface area contributed by atoms with Gasteiger partial charge in [-0.15, -0.1) is 0 Å². The molecule has 1 heterocycles. The number of hydrogen-bond donors (Lipinski definition) is 1. The van der Waals surface area contributed by atoms with Crippen molar-refractivity contribution >= 4 is 17.5 Å². The maximum absolute atomic E-state index is 11.9. The van der Waals surface area contributed by atoms with Crippen molar-refractivity contribution in [3.63, 3.8) is 0 Å². The van der Waals surface area contributed by atoms with E-state index in [1.165, 1.54) is 6.26 Å². The summed E-state index contributed by atoms with van der Waals surface area (Å²) in [5, 5.41) is 3.54. The molecule has 2 rings (SSSR count). The fraction of sp³-hybridized carbons (Fsp3) is 0.214. The van der Waals surface area contributed by atoms with Crippen molar-refractivity contribution in [2.45, 2.75) is 19.9 Å². The standard InChI is InChI=1S/C14H14ClNO2/c1-2-13-12(7-8-18-13)14(17)16-9-10-3-5-11(15)6-4-10/h3-8H,2,9H2,1H3,(H,16,17). The summed E-state index contributed by atoms with van der Waals surface area (Å²) in [7, 11) is 0. The van der Waals surface area contributed by atoms with Gasteiger partial charge in [0.1, 0.15) is 5.76 Å². The molecule has 4 heteroatoms. The molecular formula is C14H14ClNO2. The Labute approximate surface area is 111 Å². The first-order valence-corrected chi connectivity index (χ1v) is 6.17. The number of amides is 1. The van der Waals surface area contributed by atoms with Crippen LogP contribution in [-0.4, -0.2) is 5.91 Å². The lowest BCUT2D eigenvalue weighted by atomic mass is 10.2.